The summed E-state index contributed by atoms with van der Waals surface area (Å²) in [5.41, 5.74) is 4.84. The molecule has 0 fully saturated rings. The van der Waals surface area contributed by atoms with Gasteiger partial charge in [-0.1, -0.05) is 53.8 Å². The van der Waals surface area contributed by atoms with Gasteiger partial charge < -0.3 is 0 Å². The number of nitrogens with one attached hydrogen (secondary N) is 1. The zero-order valence-corrected chi connectivity index (χ0v) is 9.69. The summed E-state index contributed by atoms with van der Waals surface area (Å²) in [6, 6.07) is 19.7. The number of benzene rings is 2. The highest BCUT2D eigenvalue weighted by atomic mass is 15.5. The van der Waals surface area contributed by atoms with Crippen LogP contribution in [0.4, 0.5) is 5.69 Å². The van der Waals surface area contributed by atoms with E-state index in [-0.39, 0.29) is 6.04 Å². The first-order chi connectivity index (χ1) is 8.93. The lowest BCUT2D eigenvalue weighted by Gasteiger charge is -2.07. The van der Waals surface area contributed by atoms with Crippen LogP contribution in [-0.2, 0) is 0 Å². The van der Waals surface area contributed by atoms with Crippen molar-refractivity contribution in [1.82, 2.24) is 5.43 Å². The van der Waals surface area contributed by atoms with Crippen LogP contribution in [0.2, 0.25) is 0 Å². The molecule has 0 radical (unpaired) electrons. The Hall–Kier alpha value is -2.49. The minimum Gasteiger partial charge on any atom is -0.244 e. The summed E-state index contributed by atoms with van der Waals surface area (Å²) in [7, 11) is 0. The molecule has 2 aromatic carbocycles. The predicted octanol–water partition coefficient (Wildman–Crippen LogP) is 3.43. The van der Waals surface area contributed by atoms with E-state index in [1.807, 2.05) is 60.7 Å². The SMILES string of the molecule is c1ccc(N=C2NN=NC2c2ccccc2)cc1. The number of hydrogen-bond donors (Lipinski definition) is 1. The molecule has 3 rings (SSSR count). The van der Waals surface area contributed by atoms with Crippen molar-refractivity contribution >= 4 is 11.5 Å². The quantitative estimate of drug-likeness (QED) is 0.853. The van der Waals surface area contributed by atoms with Gasteiger partial charge in [0.15, 0.2) is 11.9 Å². The topological polar surface area (TPSA) is 49.1 Å². The molecule has 0 amide bonds. The summed E-state index contributed by atoms with van der Waals surface area (Å²) in [4.78, 5) is 4.53. The fraction of sp³-hybridized carbons (Fsp3) is 0.0714. The number of nitrogens with zero attached hydrogens (tertiary/aromatic N) is 3. The lowest BCUT2D eigenvalue weighted by Crippen LogP contribution is -2.17. The van der Waals surface area contributed by atoms with E-state index in [0.29, 0.717) is 0 Å². The highest BCUT2D eigenvalue weighted by Gasteiger charge is 2.22. The van der Waals surface area contributed by atoms with Crippen LogP contribution in [0.1, 0.15) is 11.6 Å². The highest BCUT2D eigenvalue weighted by Crippen LogP contribution is 2.24. The van der Waals surface area contributed by atoms with E-state index >= 15 is 0 Å². The van der Waals surface area contributed by atoms with Crippen LogP contribution in [0.25, 0.3) is 0 Å². The van der Waals surface area contributed by atoms with Crippen LogP contribution >= 0.6 is 0 Å². The molecule has 1 heterocycles. The average Bonchev–Trinajstić information content (AvgIpc) is 2.89. The van der Waals surface area contributed by atoms with Gasteiger partial charge in [-0.2, -0.15) is 5.11 Å². The first-order valence-corrected chi connectivity index (χ1v) is 5.78. The molecular weight excluding hydrogens is 224 g/mol. The smallest absolute Gasteiger partial charge is 0.157 e. The van der Waals surface area contributed by atoms with Crippen molar-refractivity contribution in [3.63, 3.8) is 0 Å². The summed E-state index contributed by atoms with van der Waals surface area (Å²) in [5, 5.41) is 8.03. The van der Waals surface area contributed by atoms with Gasteiger partial charge in [0, 0.05) is 0 Å². The van der Waals surface area contributed by atoms with E-state index in [0.717, 1.165) is 17.1 Å². The Labute approximate surface area is 105 Å². The second kappa shape index (κ2) is 4.79. The molecule has 1 aliphatic heterocycles. The molecule has 0 saturated carbocycles. The first kappa shape index (κ1) is 10.7. The molecule has 88 valence electrons. The van der Waals surface area contributed by atoms with E-state index in [4.69, 9.17) is 0 Å². The minimum atomic E-state index is -0.133. The van der Waals surface area contributed by atoms with Crippen molar-refractivity contribution in [1.29, 1.82) is 0 Å². The number of para-hydroxylation sites is 1. The molecule has 1 unspecified atom stereocenters. The Morgan fingerprint density at radius 1 is 0.889 bits per heavy atom. The standard InChI is InChI=1S/C14H12N4/c1-3-7-11(8-4-1)13-14(17-18-16-13)15-12-9-5-2-6-10-12/h1-10,13H,(H,15,16,17). The van der Waals surface area contributed by atoms with Gasteiger partial charge in [0.2, 0.25) is 0 Å². The molecule has 1 aliphatic rings. The van der Waals surface area contributed by atoms with Crippen LogP contribution in [0.15, 0.2) is 76.0 Å². The van der Waals surface area contributed by atoms with Crippen molar-refractivity contribution < 1.29 is 0 Å². The highest BCUT2D eigenvalue weighted by molar-refractivity contribution is 5.91. The van der Waals surface area contributed by atoms with Gasteiger partial charge in [-0.25, -0.2) is 10.4 Å². The third-order valence-electron chi connectivity index (χ3n) is 2.72. The van der Waals surface area contributed by atoms with E-state index < -0.39 is 0 Å². The largest absolute Gasteiger partial charge is 0.244 e. The maximum atomic E-state index is 4.53. The number of aliphatic imine (C=N–C) groups is 1. The molecular formula is C14H12N4. The minimum absolute atomic E-state index is 0.133. The fourth-order valence-corrected chi connectivity index (χ4v) is 1.84. The number of amidine groups is 1. The van der Waals surface area contributed by atoms with Crippen LogP contribution in [0.3, 0.4) is 0 Å². The molecule has 1 atom stereocenters. The Morgan fingerprint density at radius 2 is 1.56 bits per heavy atom. The Bertz CT molecular complexity index is 575. The lowest BCUT2D eigenvalue weighted by molar-refractivity contribution is 0.899. The maximum Gasteiger partial charge on any atom is 0.157 e. The molecule has 18 heavy (non-hydrogen) atoms. The van der Waals surface area contributed by atoms with Crippen molar-refractivity contribution in [2.45, 2.75) is 6.04 Å². The predicted molar refractivity (Wildman–Crippen MR) is 70.7 cm³/mol. The molecule has 4 nitrogen and oxygen atoms in total. The second-order valence-corrected chi connectivity index (χ2v) is 3.97. The molecule has 0 aliphatic carbocycles. The van der Waals surface area contributed by atoms with Gasteiger partial charge in [0.05, 0.1) is 5.69 Å². The summed E-state index contributed by atoms with van der Waals surface area (Å²) in [5.74, 6) is 0.757. The van der Waals surface area contributed by atoms with Crippen LogP contribution in [0, 0.1) is 0 Å². The number of rotatable bonds is 2. The van der Waals surface area contributed by atoms with Crippen LogP contribution < -0.4 is 5.43 Å². The zero-order valence-electron chi connectivity index (χ0n) is 9.69. The van der Waals surface area contributed by atoms with E-state index in [1.54, 1.807) is 0 Å². The van der Waals surface area contributed by atoms with Gasteiger partial charge in [0.1, 0.15) is 0 Å². The third-order valence-corrected chi connectivity index (χ3v) is 2.72. The van der Waals surface area contributed by atoms with Gasteiger partial charge in [-0.05, 0) is 17.7 Å². The third kappa shape index (κ3) is 2.13. The molecule has 0 spiro atoms. The average molecular weight is 236 g/mol. The Morgan fingerprint density at radius 3 is 2.28 bits per heavy atom. The summed E-state index contributed by atoms with van der Waals surface area (Å²) in [6.45, 7) is 0. The molecule has 2 aromatic rings. The summed E-state index contributed by atoms with van der Waals surface area (Å²) < 4.78 is 0. The molecule has 4 heteroatoms. The van der Waals surface area contributed by atoms with Crippen molar-refractivity contribution in [2.75, 3.05) is 0 Å². The van der Waals surface area contributed by atoms with E-state index in [2.05, 4.69) is 20.8 Å². The van der Waals surface area contributed by atoms with Gasteiger partial charge in [-0.3, -0.25) is 0 Å². The normalized spacial score (nSPS) is 20.0. The van der Waals surface area contributed by atoms with E-state index in [9.17, 15) is 0 Å². The second-order valence-electron chi connectivity index (χ2n) is 3.97. The Kier molecular flexibility index (Phi) is 2.84. The first-order valence-electron chi connectivity index (χ1n) is 5.78. The maximum absolute atomic E-state index is 4.53. The van der Waals surface area contributed by atoms with Crippen LogP contribution in [-0.4, -0.2) is 5.84 Å². The lowest BCUT2D eigenvalue weighted by atomic mass is 10.1. The van der Waals surface area contributed by atoms with Crippen molar-refractivity contribution in [3.8, 4) is 0 Å². The molecule has 1 N–H and O–H groups in total. The zero-order chi connectivity index (χ0) is 12.2. The van der Waals surface area contributed by atoms with Gasteiger partial charge in [0.25, 0.3) is 0 Å². The summed E-state index contributed by atoms with van der Waals surface area (Å²) in [6.07, 6.45) is 0. The van der Waals surface area contributed by atoms with Crippen molar-refractivity contribution in [2.24, 2.45) is 15.3 Å². The fourth-order valence-electron chi connectivity index (χ4n) is 1.84. The molecule has 0 saturated heterocycles. The van der Waals surface area contributed by atoms with E-state index in [1.165, 1.54) is 0 Å². The molecule has 0 aromatic heterocycles. The van der Waals surface area contributed by atoms with Gasteiger partial charge >= 0.3 is 0 Å². The van der Waals surface area contributed by atoms with Crippen molar-refractivity contribution in [3.05, 3.63) is 66.2 Å². The van der Waals surface area contributed by atoms with Gasteiger partial charge in [-0.15, -0.1) is 0 Å². The Balaban J connectivity index is 1.92. The van der Waals surface area contributed by atoms with Crippen LogP contribution in [0.5, 0.6) is 0 Å². The number of hydrogen-bond acceptors (Lipinski definition) is 3. The monoisotopic (exact) mass is 236 g/mol. The summed E-state index contributed by atoms with van der Waals surface area (Å²) >= 11 is 0. The molecule has 0 bridgehead atoms.